The minimum absolute atomic E-state index is 0.165. The largest absolute Gasteiger partial charge is 0.858 e. The van der Waals surface area contributed by atoms with Crippen molar-refractivity contribution < 1.29 is 14.6 Å². The van der Waals surface area contributed by atoms with E-state index in [0.29, 0.717) is 30.3 Å². The first-order valence-corrected chi connectivity index (χ1v) is 10.9. The van der Waals surface area contributed by atoms with Crippen LogP contribution >= 0.6 is 0 Å². The Labute approximate surface area is 186 Å². The van der Waals surface area contributed by atoms with Crippen LogP contribution in [0.3, 0.4) is 0 Å². The molecule has 1 aromatic heterocycles. The van der Waals surface area contributed by atoms with Gasteiger partial charge in [0, 0.05) is 12.6 Å². The fourth-order valence-corrected chi connectivity index (χ4v) is 3.27. The molecule has 1 amide bonds. The Morgan fingerprint density at radius 1 is 1.19 bits per heavy atom. The highest BCUT2D eigenvalue weighted by atomic mass is 16.5. The SMILES string of the molecule is CCN=C([O-])c1ccc(-n2nnc(C(=O)NC3CC3)c2OCCCc2ccccc2)cc1. The summed E-state index contributed by atoms with van der Waals surface area (Å²) in [5.74, 6) is -0.251. The van der Waals surface area contributed by atoms with Gasteiger partial charge in [-0.05, 0) is 61.8 Å². The maximum Gasteiger partial charge on any atom is 0.277 e. The molecule has 1 aliphatic rings. The molecule has 2 aromatic carbocycles. The molecule has 0 aliphatic heterocycles. The number of aromatic nitrogens is 3. The standard InChI is InChI=1S/C24H27N5O3/c1-2-25-22(30)18-10-14-20(15-11-18)29-24(21(27-28-29)23(31)26-19-12-13-19)32-16-6-9-17-7-4-3-5-8-17/h3-5,7-8,10-11,14-15,19H,2,6,9,12-13,16H2,1H3,(H,25,30)(H,26,31)/p-1. The molecule has 1 aliphatic carbocycles. The molecule has 166 valence electrons. The summed E-state index contributed by atoms with van der Waals surface area (Å²) < 4.78 is 7.51. The number of nitrogens with zero attached hydrogens (tertiary/aromatic N) is 4. The number of carbonyl (C=O) groups excluding carboxylic acids is 1. The molecule has 0 spiro atoms. The number of benzene rings is 2. The highest BCUT2D eigenvalue weighted by Crippen LogP contribution is 2.24. The van der Waals surface area contributed by atoms with Gasteiger partial charge in [-0.2, -0.15) is 4.68 Å². The van der Waals surface area contributed by atoms with Crippen LogP contribution in [0.25, 0.3) is 5.69 Å². The molecule has 4 rings (SSSR count). The van der Waals surface area contributed by atoms with E-state index in [4.69, 9.17) is 4.74 Å². The molecule has 0 saturated heterocycles. The first-order chi connectivity index (χ1) is 15.7. The summed E-state index contributed by atoms with van der Waals surface area (Å²) in [7, 11) is 0. The average Bonchev–Trinajstić information content (AvgIpc) is 3.53. The Kier molecular flexibility index (Phi) is 6.79. The van der Waals surface area contributed by atoms with Crippen molar-refractivity contribution in [1.29, 1.82) is 0 Å². The van der Waals surface area contributed by atoms with Crippen LogP contribution < -0.4 is 15.2 Å². The molecule has 0 unspecified atom stereocenters. The van der Waals surface area contributed by atoms with E-state index >= 15 is 0 Å². The number of carbonyl (C=O) groups is 1. The van der Waals surface area contributed by atoms with Crippen molar-refractivity contribution in [2.75, 3.05) is 13.2 Å². The highest BCUT2D eigenvalue weighted by molar-refractivity contribution is 5.95. The van der Waals surface area contributed by atoms with Gasteiger partial charge in [-0.3, -0.25) is 4.79 Å². The van der Waals surface area contributed by atoms with Gasteiger partial charge in [-0.25, -0.2) is 0 Å². The molecular weight excluding hydrogens is 406 g/mol. The lowest BCUT2D eigenvalue weighted by molar-refractivity contribution is -0.213. The van der Waals surface area contributed by atoms with E-state index < -0.39 is 0 Å². The minimum atomic E-state index is -0.287. The quantitative estimate of drug-likeness (QED) is 0.301. The molecular formula is C24H26N5O3-. The molecule has 0 radical (unpaired) electrons. The van der Waals surface area contributed by atoms with Crippen LogP contribution in [0.2, 0.25) is 0 Å². The van der Waals surface area contributed by atoms with Crippen LogP contribution in [0.1, 0.15) is 47.8 Å². The van der Waals surface area contributed by atoms with Crippen molar-refractivity contribution in [1.82, 2.24) is 20.3 Å². The summed E-state index contributed by atoms with van der Waals surface area (Å²) >= 11 is 0. The van der Waals surface area contributed by atoms with Gasteiger partial charge in [-0.1, -0.05) is 47.7 Å². The molecule has 0 bridgehead atoms. The van der Waals surface area contributed by atoms with Crippen LogP contribution in [0, 0.1) is 0 Å². The van der Waals surface area contributed by atoms with Crippen molar-refractivity contribution in [2.24, 2.45) is 4.99 Å². The smallest absolute Gasteiger partial charge is 0.277 e. The summed E-state index contributed by atoms with van der Waals surface area (Å²) in [5.41, 5.74) is 2.53. The summed E-state index contributed by atoms with van der Waals surface area (Å²) in [4.78, 5) is 16.6. The Bertz CT molecular complexity index is 1070. The molecule has 1 heterocycles. The molecule has 32 heavy (non-hydrogen) atoms. The van der Waals surface area contributed by atoms with Gasteiger partial charge in [0.2, 0.25) is 5.69 Å². The Balaban J connectivity index is 1.52. The molecule has 8 heteroatoms. The lowest BCUT2D eigenvalue weighted by atomic mass is 10.1. The van der Waals surface area contributed by atoms with Gasteiger partial charge in [0.1, 0.15) is 0 Å². The second-order valence-corrected chi connectivity index (χ2v) is 7.67. The predicted octanol–water partition coefficient (Wildman–Crippen LogP) is 2.30. The van der Waals surface area contributed by atoms with E-state index in [1.54, 1.807) is 24.3 Å². The maximum atomic E-state index is 12.7. The maximum absolute atomic E-state index is 12.7. The van der Waals surface area contributed by atoms with Crippen LogP contribution in [0.4, 0.5) is 0 Å². The highest BCUT2D eigenvalue weighted by Gasteiger charge is 2.28. The Morgan fingerprint density at radius 3 is 2.62 bits per heavy atom. The van der Waals surface area contributed by atoms with Gasteiger partial charge >= 0.3 is 0 Å². The topological polar surface area (TPSA) is 104 Å². The van der Waals surface area contributed by atoms with E-state index in [9.17, 15) is 9.90 Å². The number of rotatable bonds is 10. The third-order valence-corrected chi connectivity index (χ3v) is 5.11. The van der Waals surface area contributed by atoms with Gasteiger partial charge in [0.15, 0.2) is 0 Å². The van der Waals surface area contributed by atoms with E-state index in [2.05, 4.69) is 32.8 Å². The zero-order valence-electron chi connectivity index (χ0n) is 18.0. The van der Waals surface area contributed by atoms with Crippen LogP contribution in [-0.4, -0.2) is 46.0 Å². The summed E-state index contributed by atoms with van der Waals surface area (Å²) in [6.45, 7) is 2.67. The first kappa shape index (κ1) is 21.5. The third-order valence-electron chi connectivity index (χ3n) is 5.11. The van der Waals surface area contributed by atoms with E-state index in [0.717, 1.165) is 25.7 Å². The zero-order chi connectivity index (χ0) is 22.3. The Morgan fingerprint density at radius 2 is 1.94 bits per heavy atom. The second kappa shape index (κ2) is 10.1. The number of amides is 1. The van der Waals surface area contributed by atoms with E-state index in [-0.39, 0.29) is 23.5 Å². The normalized spacial score (nSPS) is 13.7. The van der Waals surface area contributed by atoms with Gasteiger partial charge in [-0.15, -0.1) is 5.10 Å². The number of hydrogen-bond acceptors (Lipinski definition) is 6. The number of hydrogen-bond donors (Lipinski definition) is 1. The van der Waals surface area contributed by atoms with Gasteiger partial charge < -0.3 is 20.2 Å². The molecule has 1 saturated carbocycles. The molecule has 8 nitrogen and oxygen atoms in total. The number of aliphatic imine (C=N–C) groups is 1. The van der Waals surface area contributed by atoms with Crippen LogP contribution in [0.5, 0.6) is 5.88 Å². The van der Waals surface area contributed by atoms with Crippen molar-refractivity contribution >= 4 is 11.8 Å². The van der Waals surface area contributed by atoms with Gasteiger partial charge in [0.05, 0.1) is 12.3 Å². The average molecular weight is 433 g/mol. The summed E-state index contributed by atoms with van der Waals surface area (Å²) in [5, 5.41) is 23.2. The molecule has 3 aromatic rings. The zero-order valence-corrected chi connectivity index (χ0v) is 18.0. The summed E-state index contributed by atoms with van der Waals surface area (Å²) in [6, 6.07) is 17.2. The van der Waals surface area contributed by atoms with Crippen LogP contribution in [-0.2, 0) is 6.42 Å². The van der Waals surface area contributed by atoms with Crippen molar-refractivity contribution in [2.45, 2.75) is 38.6 Å². The summed E-state index contributed by atoms with van der Waals surface area (Å²) in [6.07, 6.45) is 3.60. The fraction of sp³-hybridized carbons (Fsp3) is 0.333. The van der Waals surface area contributed by atoms with Gasteiger partial charge in [0.25, 0.3) is 11.8 Å². The first-order valence-electron chi connectivity index (χ1n) is 10.9. The number of ether oxygens (including phenoxy) is 1. The van der Waals surface area contributed by atoms with Crippen molar-refractivity contribution in [3.8, 4) is 11.6 Å². The predicted molar refractivity (Wildman–Crippen MR) is 119 cm³/mol. The molecule has 0 atom stereocenters. The lowest BCUT2D eigenvalue weighted by Gasteiger charge is -2.13. The fourth-order valence-electron chi connectivity index (χ4n) is 3.27. The third kappa shape index (κ3) is 5.32. The van der Waals surface area contributed by atoms with E-state index in [1.807, 2.05) is 25.1 Å². The Hall–Kier alpha value is -3.68. The second-order valence-electron chi connectivity index (χ2n) is 7.67. The van der Waals surface area contributed by atoms with Crippen molar-refractivity contribution in [3.63, 3.8) is 0 Å². The van der Waals surface area contributed by atoms with Crippen molar-refractivity contribution in [3.05, 3.63) is 71.4 Å². The number of aryl methyl sites for hydroxylation is 1. The van der Waals surface area contributed by atoms with E-state index in [1.165, 1.54) is 10.2 Å². The van der Waals surface area contributed by atoms with Crippen LogP contribution in [0.15, 0.2) is 59.6 Å². The molecule has 1 N–H and O–H groups in total. The minimum Gasteiger partial charge on any atom is -0.858 e. The number of nitrogens with one attached hydrogen (secondary N) is 1. The molecule has 1 fully saturated rings. The monoisotopic (exact) mass is 432 g/mol. The lowest BCUT2D eigenvalue weighted by Crippen LogP contribution is -2.26.